The number of aromatic nitrogens is 6. The topological polar surface area (TPSA) is 61.4 Å². The molecule has 0 spiro atoms. The third kappa shape index (κ3) is 2.32. The maximum Gasteiger partial charge on any atom is 0.138 e. The first-order chi connectivity index (χ1) is 8.90. The van der Waals surface area contributed by atoms with Gasteiger partial charge in [0.2, 0.25) is 0 Å². The second-order valence-electron chi connectivity index (χ2n) is 3.68. The molecule has 2 aromatic heterocycles. The predicted molar refractivity (Wildman–Crippen MR) is 65.5 cm³/mol. The van der Waals surface area contributed by atoms with Gasteiger partial charge < -0.3 is 0 Å². The molecule has 0 radical (unpaired) electrons. The van der Waals surface area contributed by atoms with E-state index in [1.807, 2.05) is 36.7 Å². The number of benzene rings is 1. The summed E-state index contributed by atoms with van der Waals surface area (Å²) < 4.78 is 3.33. The summed E-state index contributed by atoms with van der Waals surface area (Å²) in [6.07, 6.45) is 10.1. The molecule has 0 unspecified atom stereocenters. The van der Waals surface area contributed by atoms with E-state index < -0.39 is 0 Å². The van der Waals surface area contributed by atoms with Crippen molar-refractivity contribution >= 4 is 12.4 Å². The van der Waals surface area contributed by atoms with Gasteiger partial charge in [0.25, 0.3) is 0 Å². The summed E-state index contributed by atoms with van der Waals surface area (Å²) in [5, 5.41) is 10.1. The molecule has 0 atom stereocenters. The Hall–Kier alpha value is -2.76. The van der Waals surface area contributed by atoms with Gasteiger partial charge in [-0.2, -0.15) is 10.2 Å². The molecule has 88 valence electrons. The van der Waals surface area contributed by atoms with Gasteiger partial charge in [-0.15, -0.1) is 0 Å². The highest BCUT2D eigenvalue weighted by molar-refractivity contribution is 5.28. The molecule has 6 heteroatoms. The summed E-state index contributed by atoms with van der Waals surface area (Å²) in [7, 11) is 0. The smallest absolute Gasteiger partial charge is 0.138 e. The van der Waals surface area contributed by atoms with Gasteiger partial charge in [0.15, 0.2) is 0 Å². The Bertz CT molecular complexity index is 639. The van der Waals surface area contributed by atoms with Crippen molar-refractivity contribution < 1.29 is 0 Å². The normalized spacial score (nSPS) is 10.2. The van der Waals surface area contributed by atoms with Crippen LogP contribution in [0.5, 0.6) is 0 Å². The second-order valence-corrected chi connectivity index (χ2v) is 3.68. The Morgan fingerprint density at radius 3 is 1.50 bits per heavy atom. The Labute approximate surface area is 103 Å². The summed E-state index contributed by atoms with van der Waals surface area (Å²) in [5.41, 5.74) is 0. The first-order valence-electron chi connectivity index (χ1n) is 5.38. The van der Waals surface area contributed by atoms with Crippen LogP contribution >= 0.6 is 0 Å². The van der Waals surface area contributed by atoms with E-state index >= 15 is 0 Å². The van der Waals surface area contributed by atoms with E-state index in [4.69, 9.17) is 0 Å². The predicted octanol–water partition coefficient (Wildman–Crippen LogP) is -0.558. The quantitative estimate of drug-likeness (QED) is 0.600. The van der Waals surface area contributed by atoms with Gasteiger partial charge in [0, 0.05) is 12.4 Å². The molecule has 0 fully saturated rings. The molecule has 0 N–H and O–H groups in total. The van der Waals surface area contributed by atoms with Crippen LogP contribution in [-0.2, 0) is 0 Å². The Morgan fingerprint density at radius 2 is 1.17 bits per heavy atom. The van der Waals surface area contributed by atoms with Crippen LogP contribution in [0.25, 0.3) is 12.4 Å². The maximum absolute atomic E-state index is 4.01. The Balaban J connectivity index is 1.94. The van der Waals surface area contributed by atoms with Crippen LogP contribution in [0.3, 0.4) is 0 Å². The summed E-state index contributed by atoms with van der Waals surface area (Å²) >= 11 is 0. The van der Waals surface area contributed by atoms with E-state index in [1.165, 1.54) is 12.7 Å². The molecule has 0 aliphatic carbocycles. The Kier molecular flexibility index (Phi) is 2.67. The van der Waals surface area contributed by atoms with Crippen molar-refractivity contribution in [3.63, 3.8) is 0 Å². The van der Waals surface area contributed by atoms with E-state index in [0.717, 1.165) is 10.4 Å². The van der Waals surface area contributed by atoms with E-state index in [1.54, 1.807) is 22.0 Å². The van der Waals surface area contributed by atoms with Crippen LogP contribution in [-0.4, -0.2) is 29.5 Å². The number of rotatable bonds is 2. The molecule has 0 saturated heterocycles. The van der Waals surface area contributed by atoms with Crippen molar-refractivity contribution in [1.29, 1.82) is 0 Å². The molecule has 3 aromatic rings. The molecule has 6 nitrogen and oxygen atoms in total. The van der Waals surface area contributed by atoms with Gasteiger partial charge in [-0.05, 0) is 10.4 Å². The fraction of sp³-hybridized carbons (Fsp3) is 0. The van der Waals surface area contributed by atoms with E-state index in [-0.39, 0.29) is 0 Å². The average Bonchev–Trinajstić information content (AvgIpc) is 3.05. The lowest BCUT2D eigenvalue weighted by atomic mass is 10.3. The highest BCUT2D eigenvalue weighted by Crippen LogP contribution is 1.80. The fourth-order valence-corrected chi connectivity index (χ4v) is 1.54. The van der Waals surface area contributed by atoms with Gasteiger partial charge in [-0.3, -0.25) is 0 Å². The highest BCUT2D eigenvalue weighted by atomic mass is 15.3. The van der Waals surface area contributed by atoms with Crippen molar-refractivity contribution in [3.05, 3.63) is 60.0 Å². The van der Waals surface area contributed by atoms with E-state index in [0.29, 0.717) is 0 Å². The van der Waals surface area contributed by atoms with Gasteiger partial charge in [-0.25, -0.2) is 19.3 Å². The molecule has 2 heterocycles. The maximum atomic E-state index is 4.01. The van der Waals surface area contributed by atoms with Gasteiger partial charge in [0.1, 0.15) is 25.3 Å². The minimum atomic E-state index is 1.05. The molecule has 0 amide bonds. The lowest BCUT2D eigenvalue weighted by Gasteiger charge is -1.91. The van der Waals surface area contributed by atoms with Crippen LogP contribution in [0.1, 0.15) is 0 Å². The standard InChI is InChI=1S/C12H10N6/c1-2-12(6-18-10-14-8-16-18)4-3-11(1)5-17-9-13-7-15-17/h1-10H. The largest absolute Gasteiger partial charge is 0.228 e. The van der Waals surface area contributed by atoms with Crippen LogP contribution < -0.4 is 10.4 Å². The fourth-order valence-electron chi connectivity index (χ4n) is 1.54. The van der Waals surface area contributed by atoms with Crippen LogP contribution in [0, 0.1) is 0 Å². The molecule has 18 heavy (non-hydrogen) atoms. The number of hydrogen-bond donors (Lipinski definition) is 0. The van der Waals surface area contributed by atoms with Crippen molar-refractivity contribution in [2.45, 2.75) is 0 Å². The number of nitrogens with zero attached hydrogens (tertiary/aromatic N) is 6. The lowest BCUT2D eigenvalue weighted by molar-refractivity contribution is 0.927. The van der Waals surface area contributed by atoms with Crippen LogP contribution in [0.15, 0.2) is 49.6 Å². The zero-order chi connectivity index (χ0) is 12.2. The average molecular weight is 238 g/mol. The molecule has 0 aliphatic heterocycles. The van der Waals surface area contributed by atoms with Gasteiger partial charge in [0.05, 0.1) is 0 Å². The minimum Gasteiger partial charge on any atom is -0.228 e. The van der Waals surface area contributed by atoms with E-state index in [2.05, 4.69) is 20.2 Å². The SMILES string of the molecule is C(=c1ccc(=Cn2cncn2)cc1)n1cncn1. The zero-order valence-electron chi connectivity index (χ0n) is 9.46. The third-order valence-electron chi connectivity index (χ3n) is 2.37. The van der Waals surface area contributed by atoms with Crippen LogP contribution in [0.4, 0.5) is 0 Å². The first-order valence-corrected chi connectivity index (χ1v) is 5.38. The summed E-state index contributed by atoms with van der Waals surface area (Å²) in [6.45, 7) is 0. The molecular formula is C12H10N6. The van der Waals surface area contributed by atoms with Crippen LogP contribution in [0.2, 0.25) is 0 Å². The summed E-state index contributed by atoms with van der Waals surface area (Å²) in [6, 6.07) is 8.02. The third-order valence-corrected chi connectivity index (χ3v) is 2.37. The van der Waals surface area contributed by atoms with Crippen molar-refractivity contribution in [2.24, 2.45) is 0 Å². The monoisotopic (exact) mass is 238 g/mol. The summed E-state index contributed by atoms with van der Waals surface area (Å²) in [4.78, 5) is 7.76. The number of hydrogen-bond acceptors (Lipinski definition) is 4. The van der Waals surface area contributed by atoms with Crippen molar-refractivity contribution in [2.75, 3.05) is 0 Å². The summed E-state index contributed by atoms with van der Waals surface area (Å²) in [5.74, 6) is 0. The molecule has 1 aromatic carbocycles. The molecule has 0 bridgehead atoms. The van der Waals surface area contributed by atoms with Crippen molar-refractivity contribution in [1.82, 2.24) is 29.5 Å². The molecular weight excluding hydrogens is 228 g/mol. The zero-order valence-corrected chi connectivity index (χ0v) is 9.46. The van der Waals surface area contributed by atoms with Crippen molar-refractivity contribution in [3.8, 4) is 0 Å². The molecule has 0 saturated carbocycles. The first kappa shape index (κ1) is 10.4. The minimum absolute atomic E-state index is 1.05. The second kappa shape index (κ2) is 4.62. The van der Waals surface area contributed by atoms with Gasteiger partial charge >= 0.3 is 0 Å². The highest BCUT2D eigenvalue weighted by Gasteiger charge is 1.86. The van der Waals surface area contributed by atoms with Gasteiger partial charge in [-0.1, -0.05) is 24.3 Å². The lowest BCUT2D eigenvalue weighted by Crippen LogP contribution is -2.10. The Morgan fingerprint density at radius 1 is 0.722 bits per heavy atom. The van der Waals surface area contributed by atoms with E-state index in [9.17, 15) is 0 Å². The molecule has 3 rings (SSSR count). The molecule has 0 aliphatic rings.